The molecule has 1 aliphatic rings. The third-order valence-corrected chi connectivity index (χ3v) is 2.04. The number of nitrogens with zero attached hydrogens (tertiary/aromatic N) is 2. The Hall–Kier alpha value is -2.19. The molecule has 0 radical (unpaired) electrons. The maximum Gasteiger partial charge on any atom is 0.249 e. The first kappa shape index (κ1) is 9.37. The maximum absolute atomic E-state index is 9.25. The van der Waals surface area contributed by atoms with Crippen molar-refractivity contribution < 1.29 is 10.0 Å². The summed E-state index contributed by atoms with van der Waals surface area (Å²) in [5, 5.41) is 19.3. The van der Waals surface area contributed by atoms with Crippen LogP contribution in [0.4, 0.5) is 5.69 Å². The highest BCUT2D eigenvalue weighted by Crippen LogP contribution is 2.23. The number of benzene rings is 1. The molecule has 0 saturated heterocycles. The second-order valence-corrected chi connectivity index (χ2v) is 3.13. The molecule has 76 valence electrons. The molecule has 0 atom stereocenters. The number of hydrogen-bond donors (Lipinski definition) is 2. The normalized spacial score (nSPS) is 15.1. The molecule has 0 amide bonds. The molecule has 0 bridgehead atoms. The number of nitrogens with one attached hydrogen (secondary N) is 1. The Bertz CT molecular complexity index is 445. The van der Waals surface area contributed by atoms with Gasteiger partial charge >= 0.3 is 0 Å². The lowest BCUT2D eigenvalue weighted by molar-refractivity contribution is 0.0592. The Morgan fingerprint density at radius 1 is 1.40 bits per heavy atom. The van der Waals surface area contributed by atoms with Crippen molar-refractivity contribution in [2.24, 2.45) is 0 Å². The van der Waals surface area contributed by atoms with Gasteiger partial charge in [-0.25, -0.2) is 5.48 Å². The molecule has 0 aliphatic carbocycles. The standard InChI is InChI=1S/C10H9N3O2/c1-7-2-4-8(5-3-7)13-9(6-11)10(14)12-15-13/h2-5,12,14H,1H3. The largest absolute Gasteiger partial charge is 0.491 e. The van der Waals surface area contributed by atoms with Gasteiger partial charge in [0.2, 0.25) is 11.6 Å². The van der Waals surface area contributed by atoms with E-state index in [-0.39, 0.29) is 11.6 Å². The van der Waals surface area contributed by atoms with Gasteiger partial charge in [0.1, 0.15) is 6.07 Å². The predicted molar refractivity (Wildman–Crippen MR) is 53.1 cm³/mol. The zero-order valence-corrected chi connectivity index (χ0v) is 8.06. The summed E-state index contributed by atoms with van der Waals surface area (Å²) in [5.74, 6) is -0.280. The number of hydrogen-bond acceptors (Lipinski definition) is 5. The molecule has 0 saturated carbocycles. The Morgan fingerprint density at radius 3 is 2.67 bits per heavy atom. The molecule has 0 fully saturated rings. The fraction of sp³-hybridized carbons (Fsp3) is 0.100. The van der Waals surface area contributed by atoms with Crippen molar-refractivity contribution in [3.05, 3.63) is 41.4 Å². The van der Waals surface area contributed by atoms with E-state index in [1.54, 1.807) is 12.1 Å². The van der Waals surface area contributed by atoms with E-state index in [9.17, 15) is 5.11 Å². The van der Waals surface area contributed by atoms with E-state index in [1.807, 2.05) is 25.1 Å². The van der Waals surface area contributed by atoms with Crippen LogP contribution in [0.25, 0.3) is 0 Å². The minimum absolute atomic E-state index is 0.0406. The second-order valence-electron chi connectivity index (χ2n) is 3.13. The van der Waals surface area contributed by atoms with Gasteiger partial charge in [-0.2, -0.15) is 10.3 Å². The van der Waals surface area contributed by atoms with E-state index in [2.05, 4.69) is 5.48 Å². The van der Waals surface area contributed by atoms with Gasteiger partial charge < -0.3 is 5.11 Å². The SMILES string of the molecule is Cc1ccc(N2ONC(O)=C2C#N)cc1. The van der Waals surface area contributed by atoms with Crippen LogP contribution in [0.3, 0.4) is 0 Å². The van der Waals surface area contributed by atoms with Crippen LogP contribution in [0.1, 0.15) is 5.56 Å². The third kappa shape index (κ3) is 1.58. The van der Waals surface area contributed by atoms with Crippen molar-refractivity contribution in [3.8, 4) is 6.07 Å². The number of aliphatic hydroxyl groups is 1. The quantitative estimate of drug-likeness (QED) is 0.723. The minimum atomic E-state index is -0.280. The molecular weight excluding hydrogens is 194 g/mol. The molecule has 0 spiro atoms. The van der Waals surface area contributed by atoms with Crippen molar-refractivity contribution in [2.45, 2.75) is 6.92 Å². The van der Waals surface area contributed by atoms with Gasteiger partial charge in [0, 0.05) is 0 Å². The molecule has 2 rings (SSSR count). The highest BCUT2D eigenvalue weighted by molar-refractivity contribution is 5.54. The summed E-state index contributed by atoms with van der Waals surface area (Å²) >= 11 is 0. The summed E-state index contributed by atoms with van der Waals surface area (Å²) < 4.78 is 0. The predicted octanol–water partition coefficient (Wildman–Crippen LogP) is 1.50. The molecule has 2 N–H and O–H groups in total. The van der Waals surface area contributed by atoms with Gasteiger partial charge in [0.05, 0.1) is 5.69 Å². The molecule has 0 aromatic heterocycles. The molecule has 1 aliphatic heterocycles. The molecule has 0 unspecified atom stereocenters. The highest BCUT2D eigenvalue weighted by atomic mass is 16.8. The summed E-state index contributed by atoms with van der Waals surface area (Å²) in [4.78, 5) is 4.93. The molecule has 5 nitrogen and oxygen atoms in total. The van der Waals surface area contributed by atoms with Crippen molar-refractivity contribution in [1.82, 2.24) is 5.48 Å². The Morgan fingerprint density at radius 2 is 2.07 bits per heavy atom. The zero-order chi connectivity index (χ0) is 10.8. The molecule has 5 heteroatoms. The molecule has 1 aromatic rings. The van der Waals surface area contributed by atoms with E-state index in [0.717, 1.165) is 5.56 Å². The lowest BCUT2D eigenvalue weighted by Crippen LogP contribution is -2.19. The van der Waals surface area contributed by atoms with Crippen LogP contribution in [0.5, 0.6) is 0 Å². The first-order valence-electron chi connectivity index (χ1n) is 4.35. The number of nitriles is 1. The van der Waals surface area contributed by atoms with E-state index < -0.39 is 0 Å². The van der Waals surface area contributed by atoms with Crippen LogP contribution >= 0.6 is 0 Å². The highest BCUT2D eigenvalue weighted by Gasteiger charge is 2.24. The summed E-state index contributed by atoms with van der Waals surface area (Å²) in [7, 11) is 0. The van der Waals surface area contributed by atoms with Crippen LogP contribution in [0.15, 0.2) is 35.8 Å². The second kappa shape index (κ2) is 3.52. The third-order valence-electron chi connectivity index (χ3n) is 2.04. The van der Waals surface area contributed by atoms with Crippen LogP contribution < -0.4 is 10.5 Å². The monoisotopic (exact) mass is 203 g/mol. The van der Waals surface area contributed by atoms with E-state index in [0.29, 0.717) is 5.69 Å². The van der Waals surface area contributed by atoms with Gasteiger partial charge in [-0.1, -0.05) is 17.7 Å². The number of allylic oxidation sites excluding steroid dienone is 1. The lowest BCUT2D eigenvalue weighted by Gasteiger charge is -2.13. The van der Waals surface area contributed by atoms with Gasteiger partial charge in [-0.15, -0.1) is 4.94 Å². The van der Waals surface area contributed by atoms with Crippen molar-refractivity contribution in [3.63, 3.8) is 0 Å². The first-order valence-corrected chi connectivity index (χ1v) is 4.35. The maximum atomic E-state index is 9.25. The van der Waals surface area contributed by atoms with E-state index in [1.165, 1.54) is 5.06 Å². The minimum Gasteiger partial charge on any atom is -0.491 e. The van der Waals surface area contributed by atoms with Gasteiger partial charge in [0.15, 0.2) is 0 Å². The smallest absolute Gasteiger partial charge is 0.249 e. The number of aliphatic hydroxyl groups excluding tert-OH is 1. The van der Waals surface area contributed by atoms with E-state index in [4.69, 9.17) is 10.2 Å². The molecular formula is C10H9N3O2. The molecule has 1 heterocycles. The summed E-state index contributed by atoms with van der Waals surface area (Å²) in [6.45, 7) is 1.96. The number of hydroxylamine groups is 2. The number of rotatable bonds is 1. The topological polar surface area (TPSA) is 68.5 Å². The molecule has 1 aromatic carbocycles. The van der Waals surface area contributed by atoms with Crippen molar-refractivity contribution >= 4 is 5.69 Å². The number of aryl methyl sites for hydroxylation is 1. The fourth-order valence-electron chi connectivity index (χ4n) is 1.24. The van der Waals surface area contributed by atoms with Crippen LogP contribution in [0, 0.1) is 18.3 Å². The first-order chi connectivity index (χ1) is 7.22. The van der Waals surface area contributed by atoms with Crippen LogP contribution in [-0.4, -0.2) is 5.11 Å². The van der Waals surface area contributed by atoms with Crippen molar-refractivity contribution in [1.29, 1.82) is 5.26 Å². The zero-order valence-electron chi connectivity index (χ0n) is 8.06. The lowest BCUT2D eigenvalue weighted by atomic mass is 10.2. The summed E-state index contributed by atoms with van der Waals surface area (Å²) in [6.07, 6.45) is 0. The average molecular weight is 203 g/mol. The van der Waals surface area contributed by atoms with E-state index >= 15 is 0 Å². The number of anilines is 1. The van der Waals surface area contributed by atoms with Crippen LogP contribution in [-0.2, 0) is 4.94 Å². The van der Waals surface area contributed by atoms with Gasteiger partial charge in [-0.3, -0.25) is 0 Å². The van der Waals surface area contributed by atoms with Crippen molar-refractivity contribution in [2.75, 3.05) is 5.06 Å². The average Bonchev–Trinajstić information content (AvgIpc) is 2.61. The fourth-order valence-corrected chi connectivity index (χ4v) is 1.24. The Labute approximate surface area is 86.7 Å². The Balaban J connectivity index is 2.34. The summed E-state index contributed by atoms with van der Waals surface area (Å²) in [5.41, 5.74) is 4.05. The van der Waals surface area contributed by atoms with Crippen LogP contribution in [0.2, 0.25) is 0 Å². The Kier molecular flexibility index (Phi) is 2.20. The summed E-state index contributed by atoms with van der Waals surface area (Å²) in [6, 6.07) is 9.23. The van der Waals surface area contributed by atoms with Gasteiger partial charge in [0.25, 0.3) is 0 Å². The van der Waals surface area contributed by atoms with Gasteiger partial charge in [-0.05, 0) is 19.1 Å². The molecule has 15 heavy (non-hydrogen) atoms.